The molecule has 0 fully saturated rings. The molecule has 35 heavy (non-hydrogen) atoms. The molecule has 0 saturated heterocycles. The van der Waals surface area contributed by atoms with Crippen LogP contribution in [0.3, 0.4) is 0 Å². The van der Waals surface area contributed by atoms with Crippen LogP contribution in [0.2, 0.25) is 0 Å². The van der Waals surface area contributed by atoms with Crippen molar-refractivity contribution in [3.05, 3.63) is 137 Å². The van der Waals surface area contributed by atoms with Crippen LogP contribution in [0.25, 0.3) is 22.4 Å². The van der Waals surface area contributed by atoms with Gasteiger partial charge in [0.05, 0.1) is 7.11 Å². The van der Waals surface area contributed by atoms with Gasteiger partial charge in [0.2, 0.25) is 0 Å². The molecule has 0 aromatic heterocycles. The fourth-order valence-electron chi connectivity index (χ4n) is 5.38. The lowest BCUT2D eigenvalue weighted by molar-refractivity contribution is 0.414. The molecular formula is C33H27OP. The van der Waals surface area contributed by atoms with Crippen LogP contribution in [0.5, 0.6) is 5.75 Å². The van der Waals surface area contributed by atoms with Crippen molar-refractivity contribution < 1.29 is 4.74 Å². The maximum atomic E-state index is 6.04. The summed E-state index contributed by atoms with van der Waals surface area (Å²) in [5.74, 6) is 0.941. The van der Waals surface area contributed by atoms with E-state index in [4.69, 9.17) is 4.74 Å². The lowest BCUT2D eigenvalue weighted by Gasteiger charge is -2.33. The average molecular weight is 471 g/mol. The van der Waals surface area contributed by atoms with Gasteiger partial charge in [-0.1, -0.05) is 121 Å². The molecule has 5 aromatic carbocycles. The minimum Gasteiger partial charge on any atom is -0.496 e. The summed E-state index contributed by atoms with van der Waals surface area (Å²) in [6.45, 7) is 0. The molecule has 6 rings (SSSR count). The second kappa shape index (κ2) is 9.53. The molecule has 0 bridgehead atoms. The molecule has 1 aliphatic carbocycles. The fourth-order valence-corrected chi connectivity index (χ4v) is 8.22. The molecule has 0 aliphatic heterocycles. The minimum absolute atomic E-state index is 0.324. The fraction of sp³-hybridized carbons (Fsp3) is 0.0909. The second-order valence-corrected chi connectivity index (χ2v) is 11.3. The topological polar surface area (TPSA) is 9.23 Å². The maximum Gasteiger partial charge on any atom is 0.127 e. The monoisotopic (exact) mass is 470 g/mol. The van der Waals surface area contributed by atoms with Gasteiger partial charge >= 0.3 is 0 Å². The molecule has 5 aromatic rings. The van der Waals surface area contributed by atoms with E-state index in [-0.39, 0.29) is 0 Å². The molecule has 2 heteroatoms. The Balaban J connectivity index is 1.71. The predicted octanol–water partition coefficient (Wildman–Crippen LogP) is 5.73. The Morgan fingerprint density at radius 1 is 0.657 bits per heavy atom. The molecule has 0 heterocycles. The van der Waals surface area contributed by atoms with Crippen molar-refractivity contribution in [2.45, 2.75) is 12.1 Å². The molecule has 0 saturated carbocycles. The van der Waals surface area contributed by atoms with Gasteiger partial charge in [-0.25, -0.2) is 0 Å². The first-order chi connectivity index (χ1) is 17.3. The highest BCUT2D eigenvalue weighted by Crippen LogP contribution is 2.49. The highest BCUT2D eigenvalue weighted by atomic mass is 31.1. The zero-order valence-corrected chi connectivity index (χ0v) is 20.7. The molecule has 170 valence electrons. The van der Waals surface area contributed by atoms with E-state index in [2.05, 4.69) is 127 Å². The Morgan fingerprint density at radius 3 is 2.00 bits per heavy atom. The molecule has 1 aliphatic rings. The van der Waals surface area contributed by atoms with E-state index >= 15 is 0 Å². The molecule has 0 N–H and O–H groups in total. The number of rotatable bonds is 5. The zero-order chi connectivity index (χ0) is 23.6. The zero-order valence-electron chi connectivity index (χ0n) is 19.8. The summed E-state index contributed by atoms with van der Waals surface area (Å²) >= 11 is 0. The van der Waals surface area contributed by atoms with E-state index < -0.39 is 7.92 Å². The number of hydrogen-bond acceptors (Lipinski definition) is 1. The van der Waals surface area contributed by atoms with Crippen LogP contribution in [0, 0.1) is 0 Å². The van der Waals surface area contributed by atoms with E-state index in [0.717, 1.165) is 12.2 Å². The number of ether oxygens (including phenoxy) is 1. The van der Waals surface area contributed by atoms with Gasteiger partial charge in [-0.05, 0) is 57.8 Å². The Hall–Kier alpha value is -3.67. The van der Waals surface area contributed by atoms with Crippen LogP contribution in [0.15, 0.2) is 121 Å². The first-order valence-electron chi connectivity index (χ1n) is 12.1. The van der Waals surface area contributed by atoms with Crippen LogP contribution >= 0.6 is 7.92 Å². The largest absolute Gasteiger partial charge is 0.496 e. The van der Waals surface area contributed by atoms with Crippen LogP contribution in [-0.2, 0) is 0 Å². The van der Waals surface area contributed by atoms with Crippen LogP contribution in [0.1, 0.15) is 12.0 Å². The van der Waals surface area contributed by atoms with E-state index in [1.807, 2.05) is 0 Å². The van der Waals surface area contributed by atoms with Crippen molar-refractivity contribution in [3.63, 3.8) is 0 Å². The summed E-state index contributed by atoms with van der Waals surface area (Å²) in [5, 5.41) is 7.93. The van der Waals surface area contributed by atoms with E-state index in [9.17, 15) is 0 Å². The van der Waals surface area contributed by atoms with Gasteiger partial charge in [0.25, 0.3) is 0 Å². The van der Waals surface area contributed by atoms with E-state index in [0.29, 0.717) is 5.66 Å². The van der Waals surface area contributed by atoms with Crippen molar-refractivity contribution in [1.82, 2.24) is 0 Å². The summed E-state index contributed by atoms with van der Waals surface area (Å²) in [6.07, 6.45) is 3.43. The van der Waals surface area contributed by atoms with Crippen molar-refractivity contribution >= 4 is 41.0 Å². The van der Waals surface area contributed by atoms with Crippen molar-refractivity contribution in [2.75, 3.05) is 7.11 Å². The third-order valence-electron chi connectivity index (χ3n) is 6.91. The lowest BCUT2D eigenvalue weighted by Crippen LogP contribution is -2.37. The standard InChI is InChI=1S/C33H27OP/c1-34-30-22-20-24-12-8-10-18-28(24)32(30)33-29-19-11-9-13-25(29)21-23-31(33)35(26-14-4-2-5-15-26)27-16-6-3-7-17-27/h2-22,31H,23H2,1H3. The normalized spacial score (nSPS) is 15.0. The molecule has 0 spiro atoms. The summed E-state index contributed by atoms with van der Waals surface area (Å²) in [6, 6.07) is 44.0. The van der Waals surface area contributed by atoms with Gasteiger partial charge in [-0.15, -0.1) is 0 Å². The van der Waals surface area contributed by atoms with Crippen LogP contribution < -0.4 is 25.8 Å². The average Bonchev–Trinajstić information content (AvgIpc) is 2.94. The highest BCUT2D eigenvalue weighted by Gasteiger charge is 2.32. The predicted molar refractivity (Wildman–Crippen MR) is 151 cm³/mol. The third-order valence-corrected chi connectivity index (χ3v) is 9.71. The molecule has 1 unspecified atom stereocenters. The summed E-state index contributed by atoms with van der Waals surface area (Å²) in [5.41, 5.74) is 2.95. The first-order valence-corrected chi connectivity index (χ1v) is 13.5. The molecular weight excluding hydrogens is 443 g/mol. The maximum absolute atomic E-state index is 6.04. The molecule has 0 radical (unpaired) electrons. The van der Waals surface area contributed by atoms with Crippen LogP contribution in [-0.4, -0.2) is 12.8 Å². The number of hydrogen-bond donors (Lipinski definition) is 0. The van der Waals surface area contributed by atoms with Gasteiger partial charge in [0, 0.05) is 11.2 Å². The van der Waals surface area contributed by atoms with E-state index in [1.54, 1.807) is 7.11 Å². The first kappa shape index (κ1) is 21.8. The Kier molecular flexibility index (Phi) is 5.94. The Morgan fingerprint density at radius 2 is 1.29 bits per heavy atom. The summed E-state index contributed by atoms with van der Waals surface area (Å²) < 4.78 is 6.04. The Labute approximate surface area is 207 Å². The van der Waals surface area contributed by atoms with Crippen molar-refractivity contribution in [3.8, 4) is 5.75 Å². The highest BCUT2D eigenvalue weighted by molar-refractivity contribution is 7.74. The minimum atomic E-state index is -0.653. The van der Waals surface area contributed by atoms with Gasteiger partial charge in [0.1, 0.15) is 5.75 Å². The van der Waals surface area contributed by atoms with Crippen molar-refractivity contribution in [1.29, 1.82) is 0 Å². The summed E-state index contributed by atoms with van der Waals surface area (Å²) in [7, 11) is 1.14. The lowest BCUT2D eigenvalue weighted by atomic mass is 9.89. The van der Waals surface area contributed by atoms with Crippen LogP contribution in [0.4, 0.5) is 0 Å². The second-order valence-electron chi connectivity index (χ2n) is 8.86. The van der Waals surface area contributed by atoms with E-state index in [1.165, 1.54) is 43.0 Å². The van der Waals surface area contributed by atoms with Gasteiger partial charge < -0.3 is 4.74 Å². The SMILES string of the molecule is COc1ccc2ccccc2c1C1=c2ccccc2=CCC1P(c1ccccc1)c1ccccc1. The van der Waals surface area contributed by atoms with Crippen molar-refractivity contribution in [2.24, 2.45) is 0 Å². The molecule has 1 nitrogen and oxygen atoms in total. The third kappa shape index (κ3) is 3.97. The summed E-state index contributed by atoms with van der Waals surface area (Å²) in [4.78, 5) is 0. The van der Waals surface area contributed by atoms with Gasteiger partial charge in [0.15, 0.2) is 0 Å². The molecule has 1 atom stereocenters. The number of fused-ring (bicyclic) bond motifs is 2. The quantitative estimate of drug-likeness (QED) is 0.298. The van der Waals surface area contributed by atoms with Gasteiger partial charge in [-0.2, -0.15) is 0 Å². The number of benzene rings is 5. The Bertz CT molecular complexity index is 1570. The smallest absolute Gasteiger partial charge is 0.127 e. The number of methoxy groups -OCH3 is 1. The van der Waals surface area contributed by atoms with Gasteiger partial charge in [-0.3, -0.25) is 0 Å². The molecule has 0 amide bonds.